The molecule has 1 atom stereocenters. The zero-order valence-corrected chi connectivity index (χ0v) is 18.9. The number of hydrogen-bond acceptors (Lipinski definition) is 3. The van der Waals surface area contributed by atoms with Gasteiger partial charge in [-0.05, 0) is 39.9 Å². The van der Waals surface area contributed by atoms with Crippen molar-refractivity contribution in [3.63, 3.8) is 0 Å². The molecule has 0 spiro atoms. The summed E-state index contributed by atoms with van der Waals surface area (Å²) in [6.07, 6.45) is 0. The molecule has 0 aromatic heterocycles. The summed E-state index contributed by atoms with van der Waals surface area (Å²) in [5.74, 6) is 0.914. The van der Waals surface area contributed by atoms with Crippen molar-refractivity contribution in [3.8, 4) is 16.9 Å². The van der Waals surface area contributed by atoms with Crippen LogP contribution < -0.4 is 10.1 Å². The highest BCUT2D eigenvalue weighted by atomic mass is 16.5. The fourth-order valence-corrected chi connectivity index (χ4v) is 4.56. The van der Waals surface area contributed by atoms with Gasteiger partial charge in [-0.3, -0.25) is 4.90 Å². The molecular formula is C30H30N2O. The molecule has 166 valence electrons. The number of benzene rings is 4. The second-order valence-corrected chi connectivity index (χ2v) is 8.52. The van der Waals surface area contributed by atoms with E-state index in [1.165, 1.54) is 27.8 Å². The SMILES string of the molecule is c1ccc(COc2cccc(C(c3ccc(-c4ccccc4)cc3)N3CCNCC3)c2)cc1. The summed E-state index contributed by atoms with van der Waals surface area (Å²) >= 11 is 0. The van der Waals surface area contributed by atoms with Crippen molar-refractivity contribution >= 4 is 0 Å². The molecule has 1 heterocycles. The van der Waals surface area contributed by atoms with Crippen molar-refractivity contribution in [2.45, 2.75) is 12.6 Å². The van der Waals surface area contributed by atoms with E-state index in [0.29, 0.717) is 6.61 Å². The average molecular weight is 435 g/mol. The zero-order chi connectivity index (χ0) is 22.3. The van der Waals surface area contributed by atoms with Gasteiger partial charge in [-0.2, -0.15) is 0 Å². The minimum absolute atomic E-state index is 0.206. The second-order valence-electron chi connectivity index (χ2n) is 8.52. The minimum atomic E-state index is 0.206. The summed E-state index contributed by atoms with van der Waals surface area (Å²) in [4.78, 5) is 2.57. The number of piperazine rings is 1. The lowest BCUT2D eigenvalue weighted by atomic mass is 9.94. The Morgan fingerprint density at radius 3 is 2.06 bits per heavy atom. The summed E-state index contributed by atoms with van der Waals surface area (Å²) in [6.45, 7) is 4.67. The first-order chi connectivity index (χ1) is 16.4. The molecule has 1 unspecified atom stereocenters. The quantitative estimate of drug-likeness (QED) is 0.390. The number of ether oxygens (including phenoxy) is 1. The fraction of sp³-hybridized carbons (Fsp3) is 0.200. The van der Waals surface area contributed by atoms with Crippen molar-refractivity contribution in [1.82, 2.24) is 10.2 Å². The smallest absolute Gasteiger partial charge is 0.120 e. The van der Waals surface area contributed by atoms with Crippen LogP contribution in [0, 0.1) is 0 Å². The third kappa shape index (κ3) is 5.33. The predicted octanol–water partition coefficient (Wildman–Crippen LogP) is 5.93. The van der Waals surface area contributed by atoms with Crippen LogP contribution >= 0.6 is 0 Å². The molecule has 4 aromatic carbocycles. The summed E-state index contributed by atoms with van der Waals surface area (Å²) in [7, 11) is 0. The Morgan fingerprint density at radius 1 is 0.667 bits per heavy atom. The number of hydrogen-bond donors (Lipinski definition) is 1. The molecule has 3 heteroatoms. The summed E-state index contributed by atoms with van der Waals surface area (Å²) in [5.41, 5.74) is 6.27. The van der Waals surface area contributed by atoms with Crippen LogP contribution in [0.1, 0.15) is 22.7 Å². The van der Waals surface area contributed by atoms with Crippen molar-refractivity contribution < 1.29 is 4.74 Å². The fourth-order valence-electron chi connectivity index (χ4n) is 4.56. The largest absolute Gasteiger partial charge is 0.489 e. The first kappa shape index (κ1) is 21.4. The van der Waals surface area contributed by atoms with Crippen LogP contribution in [-0.4, -0.2) is 31.1 Å². The molecule has 1 aliphatic heterocycles. The average Bonchev–Trinajstić information content (AvgIpc) is 2.90. The second kappa shape index (κ2) is 10.5. The van der Waals surface area contributed by atoms with Crippen molar-refractivity contribution in [3.05, 3.63) is 126 Å². The summed E-state index contributed by atoms with van der Waals surface area (Å²) in [6, 6.07) is 38.8. The van der Waals surface area contributed by atoms with Crippen molar-refractivity contribution in [2.24, 2.45) is 0 Å². The topological polar surface area (TPSA) is 24.5 Å². The first-order valence-corrected chi connectivity index (χ1v) is 11.7. The van der Waals surface area contributed by atoms with Crippen LogP contribution in [0.2, 0.25) is 0 Å². The Bertz CT molecular complexity index is 1140. The Hall–Kier alpha value is -3.40. The van der Waals surface area contributed by atoms with E-state index in [-0.39, 0.29) is 6.04 Å². The summed E-state index contributed by atoms with van der Waals surface area (Å²) < 4.78 is 6.15. The van der Waals surface area contributed by atoms with Gasteiger partial charge in [0.05, 0.1) is 6.04 Å². The number of nitrogens with one attached hydrogen (secondary N) is 1. The molecule has 5 rings (SSSR count). The molecule has 1 saturated heterocycles. The molecule has 0 aliphatic carbocycles. The molecule has 4 aromatic rings. The van der Waals surface area contributed by atoms with Gasteiger partial charge in [0.25, 0.3) is 0 Å². The molecule has 0 amide bonds. The van der Waals surface area contributed by atoms with Gasteiger partial charge in [0.1, 0.15) is 12.4 Å². The van der Waals surface area contributed by atoms with Crippen LogP contribution in [0.4, 0.5) is 0 Å². The predicted molar refractivity (Wildman–Crippen MR) is 135 cm³/mol. The van der Waals surface area contributed by atoms with Gasteiger partial charge in [0.2, 0.25) is 0 Å². The maximum Gasteiger partial charge on any atom is 0.120 e. The van der Waals surface area contributed by atoms with E-state index in [1.807, 2.05) is 6.07 Å². The van der Waals surface area contributed by atoms with Gasteiger partial charge in [0, 0.05) is 26.2 Å². The molecule has 3 nitrogen and oxygen atoms in total. The zero-order valence-electron chi connectivity index (χ0n) is 18.9. The molecule has 1 fully saturated rings. The van der Waals surface area contributed by atoms with Crippen LogP contribution in [0.3, 0.4) is 0 Å². The van der Waals surface area contributed by atoms with Gasteiger partial charge >= 0.3 is 0 Å². The van der Waals surface area contributed by atoms with Crippen LogP contribution in [-0.2, 0) is 6.61 Å². The molecule has 0 bridgehead atoms. The lowest BCUT2D eigenvalue weighted by Gasteiger charge is -2.35. The Balaban J connectivity index is 1.42. The molecule has 1 N–H and O–H groups in total. The highest BCUT2D eigenvalue weighted by molar-refractivity contribution is 5.63. The van der Waals surface area contributed by atoms with Gasteiger partial charge in [-0.15, -0.1) is 0 Å². The highest BCUT2D eigenvalue weighted by Gasteiger charge is 2.24. The monoisotopic (exact) mass is 434 g/mol. The highest BCUT2D eigenvalue weighted by Crippen LogP contribution is 2.32. The summed E-state index contributed by atoms with van der Waals surface area (Å²) in [5, 5.41) is 3.49. The Labute approximate surface area is 196 Å². The van der Waals surface area contributed by atoms with Gasteiger partial charge in [-0.25, -0.2) is 0 Å². The Kier molecular flexibility index (Phi) is 6.81. The molecule has 0 radical (unpaired) electrons. The minimum Gasteiger partial charge on any atom is -0.489 e. The number of rotatable bonds is 7. The number of nitrogens with zero attached hydrogens (tertiary/aromatic N) is 1. The maximum atomic E-state index is 6.15. The maximum absolute atomic E-state index is 6.15. The Morgan fingerprint density at radius 2 is 1.33 bits per heavy atom. The van der Waals surface area contributed by atoms with E-state index in [2.05, 4.69) is 113 Å². The van der Waals surface area contributed by atoms with Crippen LogP contribution in [0.15, 0.2) is 109 Å². The van der Waals surface area contributed by atoms with E-state index in [0.717, 1.165) is 31.9 Å². The lowest BCUT2D eigenvalue weighted by Crippen LogP contribution is -2.45. The van der Waals surface area contributed by atoms with Crippen LogP contribution in [0.25, 0.3) is 11.1 Å². The third-order valence-electron chi connectivity index (χ3n) is 6.27. The molecule has 1 aliphatic rings. The van der Waals surface area contributed by atoms with Gasteiger partial charge in [0.15, 0.2) is 0 Å². The van der Waals surface area contributed by atoms with Gasteiger partial charge < -0.3 is 10.1 Å². The van der Waals surface area contributed by atoms with E-state index in [9.17, 15) is 0 Å². The van der Waals surface area contributed by atoms with E-state index in [1.54, 1.807) is 0 Å². The van der Waals surface area contributed by atoms with E-state index in [4.69, 9.17) is 4.74 Å². The lowest BCUT2D eigenvalue weighted by molar-refractivity contribution is 0.198. The standard InChI is InChI=1S/C30H30N2O/c1-3-8-24(9-4-1)23-33-29-13-7-12-28(22-29)30(32-20-18-31-19-21-32)27-16-14-26(15-17-27)25-10-5-2-6-11-25/h1-17,22,30-31H,18-21,23H2. The first-order valence-electron chi connectivity index (χ1n) is 11.7. The van der Waals surface area contributed by atoms with Crippen molar-refractivity contribution in [2.75, 3.05) is 26.2 Å². The third-order valence-corrected chi connectivity index (χ3v) is 6.27. The van der Waals surface area contributed by atoms with E-state index >= 15 is 0 Å². The molecule has 0 saturated carbocycles. The normalized spacial score (nSPS) is 15.2. The van der Waals surface area contributed by atoms with E-state index < -0.39 is 0 Å². The van der Waals surface area contributed by atoms with Crippen molar-refractivity contribution in [1.29, 1.82) is 0 Å². The molecule has 33 heavy (non-hydrogen) atoms. The molecular weight excluding hydrogens is 404 g/mol. The van der Waals surface area contributed by atoms with Crippen LogP contribution in [0.5, 0.6) is 5.75 Å². The van der Waals surface area contributed by atoms with Gasteiger partial charge in [-0.1, -0.05) is 97.1 Å².